The molecule has 4 heteroatoms. The molecule has 3 aliphatic carbocycles. The Kier molecular flexibility index (Phi) is 1.99. The van der Waals surface area contributed by atoms with Gasteiger partial charge in [0.05, 0.1) is 6.07 Å². The minimum absolute atomic E-state index is 0.123. The molecule has 1 amide bonds. The summed E-state index contributed by atoms with van der Waals surface area (Å²) in [6.45, 7) is 0. The lowest BCUT2D eigenvalue weighted by Gasteiger charge is -2.08. The topological polar surface area (TPSA) is 52.9 Å². The number of carbonyl (C=O) groups is 1. The van der Waals surface area contributed by atoms with Crippen LogP contribution in [0.2, 0.25) is 0 Å². The zero-order valence-corrected chi connectivity index (χ0v) is 9.16. The summed E-state index contributed by atoms with van der Waals surface area (Å²) < 4.78 is 13.3. The Labute approximate surface area is 98.3 Å². The Hall–Kier alpha value is -1.89. The lowest BCUT2D eigenvalue weighted by Crippen LogP contribution is -2.30. The first-order chi connectivity index (χ1) is 8.14. The number of halogens is 1. The van der Waals surface area contributed by atoms with Crippen LogP contribution >= 0.6 is 0 Å². The number of hydrogen-bond donors (Lipinski definition) is 1. The number of fused-ring (bicyclic) bond motifs is 1. The maximum Gasteiger partial charge on any atom is 0.244 e. The summed E-state index contributed by atoms with van der Waals surface area (Å²) in [6.07, 6.45) is 6.75. The van der Waals surface area contributed by atoms with Crippen molar-refractivity contribution in [3.8, 4) is 6.07 Å². The molecule has 17 heavy (non-hydrogen) atoms. The van der Waals surface area contributed by atoms with Crippen LogP contribution in [-0.2, 0) is 4.79 Å². The summed E-state index contributed by atoms with van der Waals surface area (Å²) in [6, 6.07) is 2.04. The van der Waals surface area contributed by atoms with E-state index in [1.165, 1.54) is 6.08 Å². The van der Waals surface area contributed by atoms with Gasteiger partial charge in [0, 0.05) is 11.6 Å². The van der Waals surface area contributed by atoms with E-state index in [1.807, 2.05) is 12.1 Å². The highest BCUT2D eigenvalue weighted by atomic mass is 19.1. The van der Waals surface area contributed by atoms with Crippen molar-refractivity contribution in [2.45, 2.75) is 19.3 Å². The van der Waals surface area contributed by atoms with E-state index < -0.39 is 5.41 Å². The normalized spacial score (nSPS) is 27.5. The molecule has 2 saturated carbocycles. The fourth-order valence-electron chi connectivity index (χ4n) is 2.00. The molecule has 3 aliphatic rings. The van der Waals surface area contributed by atoms with Crippen LogP contribution in [0.4, 0.5) is 4.39 Å². The van der Waals surface area contributed by atoms with Gasteiger partial charge in [-0.05, 0) is 37.0 Å². The van der Waals surface area contributed by atoms with Gasteiger partial charge < -0.3 is 5.32 Å². The second-order valence-electron chi connectivity index (χ2n) is 4.79. The molecule has 0 bridgehead atoms. The summed E-state index contributed by atoms with van der Waals surface area (Å²) in [4.78, 5) is 11.8. The summed E-state index contributed by atoms with van der Waals surface area (Å²) >= 11 is 0. The Bertz CT molecular complexity index is 532. The minimum atomic E-state index is -0.834. The second kappa shape index (κ2) is 3.30. The molecule has 0 aromatic rings. The van der Waals surface area contributed by atoms with Crippen LogP contribution in [0.1, 0.15) is 19.3 Å². The lowest BCUT2D eigenvalue weighted by molar-refractivity contribution is -0.123. The maximum absolute atomic E-state index is 13.3. The van der Waals surface area contributed by atoms with Gasteiger partial charge in [0.1, 0.15) is 11.2 Å². The van der Waals surface area contributed by atoms with Gasteiger partial charge in [-0.1, -0.05) is 6.08 Å². The molecule has 1 N–H and O–H groups in total. The van der Waals surface area contributed by atoms with Crippen molar-refractivity contribution in [2.75, 3.05) is 0 Å². The van der Waals surface area contributed by atoms with Crippen LogP contribution in [0.5, 0.6) is 0 Å². The van der Waals surface area contributed by atoms with Crippen LogP contribution < -0.4 is 5.32 Å². The fraction of sp³-hybridized carbons (Fsp3) is 0.385. The smallest absolute Gasteiger partial charge is 0.244 e. The van der Waals surface area contributed by atoms with Gasteiger partial charge >= 0.3 is 0 Å². The number of nitriles is 1. The van der Waals surface area contributed by atoms with Gasteiger partial charge in [-0.3, -0.25) is 4.79 Å². The number of rotatable bonds is 2. The monoisotopic (exact) mass is 230 g/mol. The molecule has 3 rings (SSSR count). The first-order valence-electron chi connectivity index (χ1n) is 5.66. The highest BCUT2D eigenvalue weighted by molar-refractivity contribution is 5.89. The molecule has 0 aromatic heterocycles. The molecule has 0 aliphatic heterocycles. The van der Waals surface area contributed by atoms with Crippen molar-refractivity contribution in [3.63, 3.8) is 0 Å². The van der Waals surface area contributed by atoms with Crippen molar-refractivity contribution in [2.24, 2.45) is 11.3 Å². The maximum atomic E-state index is 13.3. The highest BCUT2D eigenvalue weighted by Crippen LogP contribution is 2.46. The molecule has 0 saturated heterocycles. The molecular formula is C13H11FN2O. The third-order valence-electron chi connectivity index (χ3n) is 3.48. The van der Waals surface area contributed by atoms with Crippen LogP contribution in [0.25, 0.3) is 0 Å². The van der Waals surface area contributed by atoms with Crippen LogP contribution in [0, 0.1) is 22.7 Å². The first kappa shape index (κ1) is 10.3. The third kappa shape index (κ3) is 1.68. The summed E-state index contributed by atoms with van der Waals surface area (Å²) in [5.41, 5.74) is 0.565. The minimum Gasteiger partial charge on any atom is -0.325 e. The van der Waals surface area contributed by atoms with E-state index in [1.54, 1.807) is 6.08 Å². The van der Waals surface area contributed by atoms with E-state index in [9.17, 15) is 9.18 Å². The van der Waals surface area contributed by atoms with Crippen molar-refractivity contribution < 1.29 is 9.18 Å². The SMILES string of the molecule is N#CC1(C(=O)NC2=C[C@H]3CC3=C(F)C=C2)CC1. The number of allylic oxidation sites excluding steroid dienone is 5. The highest BCUT2D eigenvalue weighted by Gasteiger charge is 2.50. The second-order valence-corrected chi connectivity index (χ2v) is 4.79. The average molecular weight is 230 g/mol. The standard InChI is InChI=1S/C13H11FN2O/c14-11-2-1-9(5-8-6-10(8)11)16-12(17)13(7-15)3-4-13/h1-2,5,8H,3-4,6H2,(H,16,17)/t8-/m0/s1. The van der Waals surface area contributed by atoms with E-state index in [0.29, 0.717) is 18.5 Å². The van der Waals surface area contributed by atoms with Gasteiger partial charge in [-0.15, -0.1) is 0 Å². The number of nitrogens with zero attached hydrogens (tertiary/aromatic N) is 1. The predicted molar refractivity (Wildman–Crippen MR) is 58.9 cm³/mol. The third-order valence-corrected chi connectivity index (χ3v) is 3.48. The molecule has 1 atom stereocenters. The zero-order valence-electron chi connectivity index (χ0n) is 9.16. The molecule has 3 nitrogen and oxygen atoms in total. The average Bonchev–Trinajstić information content (AvgIpc) is 3.15. The molecular weight excluding hydrogens is 219 g/mol. The molecule has 0 radical (unpaired) electrons. The quantitative estimate of drug-likeness (QED) is 0.789. The van der Waals surface area contributed by atoms with E-state index >= 15 is 0 Å². The van der Waals surface area contributed by atoms with Gasteiger partial charge in [0.2, 0.25) is 5.91 Å². The Morgan fingerprint density at radius 2 is 2.29 bits per heavy atom. The Morgan fingerprint density at radius 1 is 1.53 bits per heavy atom. The molecule has 0 spiro atoms. The number of carbonyl (C=O) groups excluding carboxylic acids is 1. The van der Waals surface area contributed by atoms with Crippen LogP contribution in [0.3, 0.4) is 0 Å². The molecule has 0 unspecified atom stereocenters. The van der Waals surface area contributed by atoms with Crippen LogP contribution in [-0.4, -0.2) is 5.91 Å². The summed E-state index contributed by atoms with van der Waals surface area (Å²) in [5.74, 6) is -0.338. The Balaban J connectivity index is 1.74. The number of nitrogens with one attached hydrogen (secondary N) is 1. The first-order valence-corrected chi connectivity index (χ1v) is 5.66. The fourth-order valence-corrected chi connectivity index (χ4v) is 2.00. The van der Waals surface area contributed by atoms with E-state index in [-0.39, 0.29) is 17.7 Å². The Morgan fingerprint density at radius 3 is 2.94 bits per heavy atom. The van der Waals surface area contributed by atoms with Gasteiger partial charge in [-0.2, -0.15) is 5.26 Å². The van der Waals surface area contributed by atoms with Gasteiger partial charge in [0.15, 0.2) is 0 Å². The van der Waals surface area contributed by atoms with Crippen molar-refractivity contribution in [3.05, 3.63) is 35.3 Å². The molecule has 0 heterocycles. The van der Waals surface area contributed by atoms with Gasteiger partial charge in [0.25, 0.3) is 0 Å². The zero-order chi connectivity index (χ0) is 12.0. The van der Waals surface area contributed by atoms with E-state index in [0.717, 1.165) is 12.0 Å². The lowest BCUT2D eigenvalue weighted by atomic mass is 10.1. The van der Waals surface area contributed by atoms with Crippen molar-refractivity contribution in [1.29, 1.82) is 5.26 Å². The van der Waals surface area contributed by atoms with E-state index in [2.05, 4.69) is 5.32 Å². The summed E-state index contributed by atoms with van der Waals surface area (Å²) in [5, 5.41) is 11.6. The predicted octanol–water partition coefficient (Wildman–Crippen LogP) is 2.10. The van der Waals surface area contributed by atoms with Crippen LogP contribution in [0.15, 0.2) is 35.3 Å². The molecule has 86 valence electrons. The van der Waals surface area contributed by atoms with Crippen molar-refractivity contribution >= 4 is 5.91 Å². The largest absolute Gasteiger partial charge is 0.325 e. The number of hydrogen-bond acceptors (Lipinski definition) is 2. The number of amides is 1. The molecule has 0 aromatic carbocycles. The molecule has 2 fully saturated rings. The van der Waals surface area contributed by atoms with Crippen molar-refractivity contribution in [1.82, 2.24) is 5.32 Å². The van der Waals surface area contributed by atoms with Gasteiger partial charge in [-0.25, -0.2) is 4.39 Å². The van der Waals surface area contributed by atoms with E-state index in [4.69, 9.17) is 5.26 Å². The summed E-state index contributed by atoms with van der Waals surface area (Å²) in [7, 11) is 0.